The second-order valence-corrected chi connectivity index (χ2v) is 6.47. The largest absolute Gasteiger partial charge is 0.316 e. The molecule has 0 saturated heterocycles. The van der Waals surface area contributed by atoms with E-state index in [9.17, 15) is 4.79 Å². The summed E-state index contributed by atoms with van der Waals surface area (Å²) < 4.78 is 1.93. The van der Waals surface area contributed by atoms with Crippen molar-refractivity contribution in [2.75, 3.05) is 4.90 Å². The Bertz CT molecular complexity index is 687. The topological polar surface area (TPSA) is 46.3 Å². The van der Waals surface area contributed by atoms with Crippen molar-refractivity contribution in [3.8, 4) is 0 Å². The van der Waals surface area contributed by atoms with Gasteiger partial charge in [0.25, 0.3) is 0 Å². The first-order chi connectivity index (χ1) is 9.58. The average Bonchev–Trinajstić information content (AvgIpc) is 2.66. The number of carbonyl (C=O) groups is 1. The Morgan fingerprint density at radius 3 is 2.65 bits per heavy atom. The van der Waals surface area contributed by atoms with Gasteiger partial charge in [-0.05, 0) is 29.8 Å². The fourth-order valence-electron chi connectivity index (χ4n) is 2.40. The minimum absolute atomic E-state index is 0.0612. The average molecular weight is 396 g/mol. The molecule has 1 heterocycles. The molecule has 2 aromatic carbocycles. The fourth-order valence-corrected chi connectivity index (χ4v) is 3.19. The molecule has 20 heavy (non-hydrogen) atoms. The van der Waals surface area contributed by atoms with Gasteiger partial charge in [-0.25, -0.2) is 0 Å². The number of nitrogens with two attached hydrogens (primary N) is 1. The zero-order chi connectivity index (χ0) is 14.3. The molecule has 1 aliphatic rings. The van der Waals surface area contributed by atoms with Gasteiger partial charge in [0.05, 0.1) is 6.54 Å². The van der Waals surface area contributed by atoms with Gasteiger partial charge in [0.1, 0.15) is 6.04 Å². The van der Waals surface area contributed by atoms with Crippen LogP contribution in [-0.4, -0.2) is 5.91 Å². The van der Waals surface area contributed by atoms with Crippen LogP contribution in [0.2, 0.25) is 0 Å². The first-order valence-electron chi connectivity index (χ1n) is 6.18. The molecule has 102 valence electrons. The maximum absolute atomic E-state index is 12.4. The number of rotatable bonds is 2. The summed E-state index contributed by atoms with van der Waals surface area (Å²) in [6, 6.07) is 13.1. The summed E-state index contributed by atoms with van der Waals surface area (Å²) in [5.74, 6) is -0.0612. The van der Waals surface area contributed by atoms with Gasteiger partial charge in [0, 0.05) is 20.2 Å². The minimum Gasteiger partial charge on any atom is -0.316 e. The normalized spacial score (nSPS) is 17.4. The van der Waals surface area contributed by atoms with Gasteiger partial charge in [-0.1, -0.05) is 50.1 Å². The maximum Gasteiger partial charge on any atom is 0.248 e. The number of nitrogens with zero attached hydrogens (tertiary/aromatic N) is 1. The van der Waals surface area contributed by atoms with Crippen LogP contribution in [0, 0.1) is 0 Å². The summed E-state index contributed by atoms with van der Waals surface area (Å²) in [6.45, 7) is 0.516. The van der Waals surface area contributed by atoms with E-state index >= 15 is 0 Å². The Kier molecular flexibility index (Phi) is 3.67. The van der Waals surface area contributed by atoms with E-state index in [2.05, 4.69) is 31.9 Å². The Labute approximate surface area is 134 Å². The van der Waals surface area contributed by atoms with Crippen molar-refractivity contribution in [2.45, 2.75) is 12.6 Å². The minimum atomic E-state index is -0.579. The third-order valence-electron chi connectivity index (χ3n) is 3.43. The number of amides is 1. The van der Waals surface area contributed by atoms with Crippen LogP contribution < -0.4 is 10.6 Å². The van der Waals surface area contributed by atoms with Gasteiger partial charge < -0.3 is 10.6 Å². The number of fused-ring (bicyclic) bond motifs is 1. The number of carbonyl (C=O) groups excluding carboxylic acids is 1. The van der Waals surface area contributed by atoms with Crippen LogP contribution in [0.4, 0.5) is 5.69 Å². The molecule has 1 aliphatic heterocycles. The summed E-state index contributed by atoms with van der Waals surface area (Å²) in [6.07, 6.45) is 0. The highest BCUT2D eigenvalue weighted by molar-refractivity contribution is 9.10. The molecule has 3 nitrogen and oxygen atoms in total. The van der Waals surface area contributed by atoms with Crippen molar-refractivity contribution in [1.29, 1.82) is 0 Å². The summed E-state index contributed by atoms with van der Waals surface area (Å²) >= 11 is 6.93. The third kappa shape index (κ3) is 2.30. The third-order valence-corrected chi connectivity index (χ3v) is 4.70. The smallest absolute Gasteiger partial charge is 0.248 e. The second kappa shape index (κ2) is 5.31. The molecule has 2 N–H and O–H groups in total. The summed E-state index contributed by atoms with van der Waals surface area (Å²) in [5.41, 5.74) is 8.84. The summed E-state index contributed by atoms with van der Waals surface area (Å²) in [7, 11) is 0. The van der Waals surface area contributed by atoms with Crippen molar-refractivity contribution in [2.24, 2.45) is 5.73 Å². The SMILES string of the molecule is NC1C(=O)N(Cc2ccccc2Br)c2ccc(Br)cc21. The Morgan fingerprint density at radius 2 is 1.90 bits per heavy atom. The van der Waals surface area contributed by atoms with E-state index in [1.54, 1.807) is 4.90 Å². The predicted molar refractivity (Wildman–Crippen MR) is 86.4 cm³/mol. The molecule has 5 heteroatoms. The molecule has 3 rings (SSSR count). The monoisotopic (exact) mass is 394 g/mol. The lowest BCUT2D eigenvalue weighted by Gasteiger charge is -2.18. The molecule has 1 amide bonds. The highest BCUT2D eigenvalue weighted by atomic mass is 79.9. The van der Waals surface area contributed by atoms with Gasteiger partial charge in [-0.3, -0.25) is 4.79 Å². The molecule has 0 saturated carbocycles. The van der Waals surface area contributed by atoms with E-state index in [1.807, 2.05) is 42.5 Å². The van der Waals surface area contributed by atoms with Crippen molar-refractivity contribution >= 4 is 43.5 Å². The Balaban J connectivity index is 2.00. The van der Waals surface area contributed by atoms with E-state index in [4.69, 9.17) is 5.73 Å². The first kappa shape index (κ1) is 13.8. The van der Waals surface area contributed by atoms with Gasteiger partial charge >= 0.3 is 0 Å². The number of hydrogen-bond donors (Lipinski definition) is 1. The molecule has 2 aromatic rings. The lowest BCUT2D eigenvalue weighted by atomic mass is 10.1. The number of halogens is 2. The Hall–Kier alpha value is -1.17. The van der Waals surface area contributed by atoms with Gasteiger partial charge in [0.15, 0.2) is 0 Å². The molecule has 0 bridgehead atoms. The van der Waals surface area contributed by atoms with Crippen LogP contribution in [0.1, 0.15) is 17.2 Å². The Morgan fingerprint density at radius 1 is 1.15 bits per heavy atom. The highest BCUT2D eigenvalue weighted by Crippen LogP contribution is 2.37. The van der Waals surface area contributed by atoms with Gasteiger partial charge in [-0.2, -0.15) is 0 Å². The van der Waals surface area contributed by atoms with Crippen LogP contribution in [0.15, 0.2) is 51.4 Å². The second-order valence-electron chi connectivity index (χ2n) is 4.70. The van der Waals surface area contributed by atoms with Crippen LogP contribution in [0.3, 0.4) is 0 Å². The van der Waals surface area contributed by atoms with Gasteiger partial charge in [-0.15, -0.1) is 0 Å². The predicted octanol–water partition coefficient (Wildman–Crippen LogP) is 3.76. The van der Waals surface area contributed by atoms with Gasteiger partial charge in [0.2, 0.25) is 5.91 Å². The number of anilines is 1. The molecule has 0 fully saturated rings. The zero-order valence-electron chi connectivity index (χ0n) is 10.5. The number of benzene rings is 2. The van der Waals surface area contributed by atoms with Crippen LogP contribution in [-0.2, 0) is 11.3 Å². The fraction of sp³-hybridized carbons (Fsp3) is 0.133. The van der Waals surface area contributed by atoms with E-state index in [1.165, 1.54) is 0 Å². The van der Waals surface area contributed by atoms with Crippen molar-refractivity contribution in [1.82, 2.24) is 0 Å². The van der Waals surface area contributed by atoms with Crippen LogP contribution in [0.5, 0.6) is 0 Å². The molecule has 0 aromatic heterocycles. The maximum atomic E-state index is 12.4. The quantitative estimate of drug-likeness (QED) is 0.841. The lowest BCUT2D eigenvalue weighted by Crippen LogP contribution is -2.31. The highest BCUT2D eigenvalue weighted by Gasteiger charge is 2.34. The molecule has 0 radical (unpaired) electrons. The van der Waals surface area contributed by atoms with Crippen molar-refractivity contribution in [3.63, 3.8) is 0 Å². The van der Waals surface area contributed by atoms with E-state index in [-0.39, 0.29) is 5.91 Å². The van der Waals surface area contributed by atoms with Crippen molar-refractivity contribution in [3.05, 3.63) is 62.5 Å². The van der Waals surface area contributed by atoms with Crippen molar-refractivity contribution < 1.29 is 4.79 Å². The molecular formula is C15H12Br2N2O. The summed E-state index contributed by atoms with van der Waals surface area (Å²) in [4.78, 5) is 14.1. The van der Waals surface area contributed by atoms with Crippen LogP contribution >= 0.6 is 31.9 Å². The lowest BCUT2D eigenvalue weighted by molar-refractivity contribution is -0.119. The molecule has 0 spiro atoms. The number of hydrogen-bond acceptors (Lipinski definition) is 2. The standard InChI is InChI=1S/C15H12Br2N2O/c16-10-5-6-13-11(7-10)14(18)15(20)19(13)8-9-3-1-2-4-12(9)17/h1-7,14H,8,18H2. The van der Waals surface area contributed by atoms with E-state index in [0.29, 0.717) is 6.54 Å². The molecule has 1 unspecified atom stereocenters. The van der Waals surface area contributed by atoms with Crippen LogP contribution in [0.25, 0.3) is 0 Å². The first-order valence-corrected chi connectivity index (χ1v) is 7.76. The van der Waals surface area contributed by atoms with E-state index in [0.717, 1.165) is 25.8 Å². The van der Waals surface area contributed by atoms with E-state index < -0.39 is 6.04 Å². The molecule has 0 aliphatic carbocycles. The zero-order valence-corrected chi connectivity index (χ0v) is 13.7. The molecule has 1 atom stereocenters. The molecular weight excluding hydrogens is 384 g/mol. The summed E-state index contributed by atoms with van der Waals surface area (Å²) in [5, 5.41) is 0.